The molecule has 0 heterocycles. The van der Waals surface area contributed by atoms with Crippen LogP contribution in [0.4, 0.5) is 13.2 Å². The first kappa shape index (κ1) is 17.6. The highest BCUT2D eigenvalue weighted by Crippen LogP contribution is 2.29. The van der Waals surface area contributed by atoms with E-state index in [4.69, 9.17) is 0 Å². The number of unbranched alkanes of at least 4 members (excludes halogenated alkanes) is 4. The Morgan fingerprint density at radius 1 is 1.10 bits per heavy atom. The summed E-state index contributed by atoms with van der Waals surface area (Å²) in [4.78, 5) is 1.29. The van der Waals surface area contributed by atoms with Crippen molar-refractivity contribution in [2.24, 2.45) is 0 Å². The van der Waals surface area contributed by atoms with Gasteiger partial charge in [0.2, 0.25) is 0 Å². The average molecular weight is 299 g/mol. The molecule has 1 nitrogen and oxygen atoms in total. The third kappa shape index (κ3) is 6.69. The minimum atomic E-state index is -4.30. The zero-order valence-corrected chi connectivity index (χ0v) is 12.8. The first-order valence-corrected chi connectivity index (χ1v) is 7.47. The molecular weight excluding hydrogens is 275 g/mol. The SMILES string of the molecule is CCCCCC/C=C(/N(C)Cc1ccccc1)C(F)(F)F. The number of benzene rings is 1. The Morgan fingerprint density at radius 3 is 2.33 bits per heavy atom. The summed E-state index contributed by atoms with van der Waals surface area (Å²) in [6, 6.07) is 9.21. The maximum absolute atomic E-state index is 13.1. The average Bonchev–Trinajstić information content (AvgIpc) is 2.42. The fourth-order valence-electron chi connectivity index (χ4n) is 2.24. The first-order chi connectivity index (χ1) is 9.95. The summed E-state index contributed by atoms with van der Waals surface area (Å²) in [6.07, 6.45) is 1.48. The molecule has 1 aromatic carbocycles. The monoisotopic (exact) mass is 299 g/mol. The van der Waals surface area contributed by atoms with Crippen LogP contribution in [0.2, 0.25) is 0 Å². The second kappa shape index (κ2) is 8.75. The molecule has 0 aliphatic rings. The smallest absolute Gasteiger partial charge is 0.367 e. The summed E-state index contributed by atoms with van der Waals surface area (Å²) in [5.74, 6) is 0. The van der Waals surface area contributed by atoms with Crippen molar-refractivity contribution in [3.63, 3.8) is 0 Å². The van der Waals surface area contributed by atoms with Gasteiger partial charge in [-0.2, -0.15) is 13.2 Å². The van der Waals surface area contributed by atoms with E-state index < -0.39 is 11.9 Å². The predicted octanol–water partition coefficient (Wildman–Crippen LogP) is 5.54. The molecule has 4 heteroatoms. The van der Waals surface area contributed by atoms with Gasteiger partial charge in [-0.1, -0.05) is 62.6 Å². The van der Waals surface area contributed by atoms with E-state index in [0.717, 1.165) is 31.2 Å². The molecule has 0 spiro atoms. The summed E-state index contributed by atoms with van der Waals surface area (Å²) in [5, 5.41) is 0. The topological polar surface area (TPSA) is 3.24 Å². The van der Waals surface area contributed by atoms with Gasteiger partial charge in [-0.05, 0) is 18.4 Å². The second-order valence-electron chi connectivity index (χ2n) is 5.28. The first-order valence-electron chi connectivity index (χ1n) is 7.47. The molecule has 0 fully saturated rings. The summed E-state index contributed by atoms with van der Waals surface area (Å²) in [7, 11) is 1.50. The summed E-state index contributed by atoms with van der Waals surface area (Å²) in [6.45, 7) is 2.35. The second-order valence-corrected chi connectivity index (χ2v) is 5.28. The fourth-order valence-corrected chi connectivity index (χ4v) is 2.24. The van der Waals surface area contributed by atoms with Gasteiger partial charge in [0.15, 0.2) is 0 Å². The van der Waals surface area contributed by atoms with Gasteiger partial charge < -0.3 is 4.90 Å². The fraction of sp³-hybridized carbons (Fsp3) is 0.529. The third-order valence-corrected chi connectivity index (χ3v) is 3.36. The molecule has 0 aliphatic heterocycles. The molecule has 0 amide bonds. The number of alkyl halides is 3. The number of hydrogen-bond donors (Lipinski definition) is 0. The van der Waals surface area contributed by atoms with E-state index in [0.29, 0.717) is 6.42 Å². The normalized spacial score (nSPS) is 12.5. The predicted molar refractivity (Wildman–Crippen MR) is 80.8 cm³/mol. The minimum absolute atomic E-state index is 0.265. The van der Waals surface area contributed by atoms with Crippen molar-refractivity contribution < 1.29 is 13.2 Å². The molecule has 1 rings (SSSR count). The zero-order chi connectivity index (χ0) is 15.7. The highest BCUT2D eigenvalue weighted by atomic mass is 19.4. The quantitative estimate of drug-likeness (QED) is 0.570. The Bertz CT molecular complexity index is 423. The lowest BCUT2D eigenvalue weighted by Gasteiger charge is -2.24. The molecule has 0 saturated carbocycles. The van der Waals surface area contributed by atoms with Gasteiger partial charge in [0.1, 0.15) is 5.70 Å². The molecule has 0 N–H and O–H groups in total. The van der Waals surface area contributed by atoms with E-state index >= 15 is 0 Å². The van der Waals surface area contributed by atoms with Crippen LogP contribution in [0.15, 0.2) is 42.1 Å². The van der Waals surface area contributed by atoms with Crippen LogP contribution < -0.4 is 0 Å². The molecular formula is C17H24F3N. The van der Waals surface area contributed by atoms with Crippen molar-refractivity contribution in [1.29, 1.82) is 0 Å². The molecule has 1 aromatic rings. The maximum Gasteiger partial charge on any atom is 0.430 e. The number of hydrogen-bond acceptors (Lipinski definition) is 1. The van der Waals surface area contributed by atoms with Crippen LogP contribution in [-0.4, -0.2) is 18.1 Å². The van der Waals surface area contributed by atoms with Gasteiger partial charge in [0, 0.05) is 13.6 Å². The van der Waals surface area contributed by atoms with E-state index in [9.17, 15) is 13.2 Å². The van der Waals surface area contributed by atoms with Gasteiger partial charge in [-0.3, -0.25) is 0 Å². The van der Waals surface area contributed by atoms with Crippen LogP contribution in [0.1, 0.15) is 44.6 Å². The van der Waals surface area contributed by atoms with Gasteiger partial charge in [-0.25, -0.2) is 0 Å². The van der Waals surface area contributed by atoms with Crippen molar-refractivity contribution in [3.05, 3.63) is 47.7 Å². The Balaban J connectivity index is 2.66. The molecule has 0 unspecified atom stereocenters. The summed E-state index contributed by atoms with van der Waals surface area (Å²) in [5.41, 5.74) is 0.337. The van der Waals surface area contributed by atoms with Gasteiger partial charge in [0.25, 0.3) is 0 Å². The minimum Gasteiger partial charge on any atom is -0.367 e. The lowest BCUT2D eigenvalue weighted by Crippen LogP contribution is -2.28. The molecule has 118 valence electrons. The third-order valence-electron chi connectivity index (χ3n) is 3.36. The van der Waals surface area contributed by atoms with Crippen LogP contribution >= 0.6 is 0 Å². The van der Waals surface area contributed by atoms with Crippen molar-refractivity contribution in [2.75, 3.05) is 7.05 Å². The lowest BCUT2D eigenvalue weighted by molar-refractivity contribution is -0.110. The van der Waals surface area contributed by atoms with Gasteiger partial charge in [-0.15, -0.1) is 0 Å². The molecule has 0 aromatic heterocycles. The Kier molecular flexibility index (Phi) is 7.34. The molecule has 0 radical (unpaired) electrons. The van der Waals surface area contributed by atoms with E-state index in [1.807, 2.05) is 30.3 Å². The van der Waals surface area contributed by atoms with E-state index in [1.54, 1.807) is 0 Å². The van der Waals surface area contributed by atoms with E-state index in [2.05, 4.69) is 6.92 Å². The van der Waals surface area contributed by atoms with Gasteiger partial charge >= 0.3 is 6.18 Å². The standard InChI is InChI=1S/C17H24F3N/c1-3-4-5-6-10-13-16(17(18,19)20)21(2)14-15-11-8-7-9-12-15/h7-9,11-13H,3-6,10,14H2,1-2H3/b16-13+. The Labute approximate surface area is 125 Å². The number of rotatable bonds is 8. The lowest BCUT2D eigenvalue weighted by atomic mass is 10.1. The van der Waals surface area contributed by atoms with Crippen molar-refractivity contribution in [2.45, 2.75) is 51.7 Å². The van der Waals surface area contributed by atoms with E-state index in [-0.39, 0.29) is 6.54 Å². The molecule has 0 bridgehead atoms. The molecule has 0 saturated heterocycles. The Hall–Kier alpha value is -1.45. The zero-order valence-electron chi connectivity index (χ0n) is 12.8. The van der Waals surface area contributed by atoms with Crippen molar-refractivity contribution >= 4 is 0 Å². The number of nitrogens with zero attached hydrogens (tertiary/aromatic N) is 1. The highest BCUT2D eigenvalue weighted by Gasteiger charge is 2.35. The molecule has 0 atom stereocenters. The van der Waals surface area contributed by atoms with Gasteiger partial charge in [0.05, 0.1) is 0 Å². The largest absolute Gasteiger partial charge is 0.430 e. The van der Waals surface area contributed by atoms with Crippen LogP contribution in [-0.2, 0) is 6.54 Å². The molecule has 0 aliphatic carbocycles. The summed E-state index contributed by atoms with van der Waals surface area (Å²) >= 11 is 0. The maximum atomic E-state index is 13.1. The van der Waals surface area contributed by atoms with E-state index in [1.165, 1.54) is 18.0 Å². The van der Waals surface area contributed by atoms with Crippen LogP contribution in [0.3, 0.4) is 0 Å². The number of allylic oxidation sites excluding steroid dienone is 2. The Morgan fingerprint density at radius 2 is 1.76 bits per heavy atom. The van der Waals surface area contributed by atoms with Crippen LogP contribution in [0, 0.1) is 0 Å². The van der Waals surface area contributed by atoms with Crippen LogP contribution in [0.5, 0.6) is 0 Å². The summed E-state index contributed by atoms with van der Waals surface area (Å²) < 4.78 is 39.4. The molecule has 21 heavy (non-hydrogen) atoms. The van der Waals surface area contributed by atoms with Crippen molar-refractivity contribution in [3.8, 4) is 0 Å². The number of halogens is 3. The van der Waals surface area contributed by atoms with Crippen LogP contribution in [0.25, 0.3) is 0 Å². The highest BCUT2D eigenvalue weighted by molar-refractivity contribution is 5.17. The van der Waals surface area contributed by atoms with Crippen molar-refractivity contribution in [1.82, 2.24) is 4.90 Å².